The zero-order valence-electron chi connectivity index (χ0n) is 13.3. The molecule has 0 aromatic carbocycles. The van der Waals surface area contributed by atoms with E-state index in [4.69, 9.17) is 0 Å². The van der Waals surface area contributed by atoms with E-state index in [0.717, 1.165) is 11.8 Å². The molecule has 0 saturated heterocycles. The van der Waals surface area contributed by atoms with Crippen LogP contribution in [0.4, 0.5) is 4.79 Å². The van der Waals surface area contributed by atoms with Crippen molar-refractivity contribution in [2.24, 2.45) is 23.7 Å². The summed E-state index contributed by atoms with van der Waals surface area (Å²) in [6, 6.07) is 0.278. The van der Waals surface area contributed by atoms with Gasteiger partial charge in [0.15, 0.2) is 0 Å². The first kappa shape index (κ1) is 14.9. The Morgan fingerprint density at radius 1 is 1.10 bits per heavy atom. The zero-order valence-corrected chi connectivity index (χ0v) is 13.3. The molecule has 3 nitrogen and oxygen atoms in total. The molecule has 0 heterocycles. The standard InChI is InChI=1S/C18H30N2O/c1-13(17-12-15-7-8-16(17)11-15)20-18(21)19-10-9-14-5-3-2-4-6-14/h9-10,13-17H,2-8,11-12H2,1H3,(H2,19,20,21)/b10-9+. The molecule has 118 valence electrons. The molecule has 2 bridgehead atoms. The van der Waals surface area contributed by atoms with Crippen molar-refractivity contribution in [3.63, 3.8) is 0 Å². The Hall–Kier alpha value is -0.990. The SMILES string of the molecule is CC(NC(=O)N/C=C/C1CCCCC1)C1CC2CCC1C2. The summed E-state index contributed by atoms with van der Waals surface area (Å²) in [5.41, 5.74) is 0. The number of urea groups is 1. The number of rotatable bonds is 4. The van der Waals surface area contributed by atoms with Gasteiger partial charge >= 0.3 is 6.03 Å². The molecule has 3 saturated carbocycles. The first-order valence-corrected chi connectivity index (χ1v) is 8.96. The van der Waals surface area contributed by atoms with Crippen molar-refractivity contribution in [1.29, 1.82) is 0 Å². The topological polar surface area (TPSA) is 41.1 Å². The van der Waals surface area contributed by atoms with Crippen LogP contribution in [-0.4, -0.2) is 12.1 Å². The molecule has 3 aliphatic rings. The summed E-state index contributed by atoms with van der Waals surface area (Å²) in [6.07, 6.45) is 16.2. The first-order chi connectivity index (χ1) is 10.2. The minimum absolute atomic E-state index is 0.0302. The lowest BCUT2D eigenvalue weighted by molar-refractivity contribution is 0.223. The van der Waals surface area contributed by atoms with Crippen molar-refractivity contribution < 1.29 is 4.79 Å². The molecule has 0 aromatic rings. The van der Waals surface area contributed by atoms with Crippen LogP contribution in [0.3, 0.4) is 0 Å². The van der Waals surface area contributed by atoms with Crippen LogP contribution in [0, 0.1) is 23.7 Å². The Bertz CT molecular complexity index is 387. The van der Waals surface area contributed by atoms with E-state index in [1.54, 1.807) is 0 Å². The molecule has 0 aliphatic heterocycles. The number of hydrogen-bond acceptors (Lipinski definition) is 1. The third-order valence-corrected chi connectivity index (χ3v) is 6.03. The molecule has 3 fully saturated rings. The van der Waals surface area contributed by atoms with Crippen molar-refractivity contribution >= 4 is 6.03 Å². The summed E-state index contributed by atoms with van der Waals surface area (Å²) in [7, 11) is 0. The van der Waals surface area contributed by atoms with E-state index >= 15 is 0 Å². The second-order valence-corrected chi connectivity index (χ2v) is 7.50. The number of hydrogen-bond donors (Lipinski definition) is 2. The first-order valence-electron chi connectivity index (χ1n) is 8.96. The van der Waals surface area contributed by atoms with E-state index in [9.17, 15) is 4.79 Å². The Morgan fingerprint density at radius 2 is 1.90 bits per heavy atom. The molecule has 4 unspecified atom stereocenters. The predicted molar refractivity (Wildman–Crippen MR) is 85.8 cm³/mol. The third-order valence-electron chi connectivity index (χ3n) is 6.03. The van der Waals surface area contributed by atoms with E-state index in [0.29, 0.717) is 17.9 Å². The van der Waals surface area contributed by atoms with Gasteiger partial charge in [-0.15, -0.1) is 0 Å². The van der Waals surface area contributed by atoms with Crippen molar-refractivity contribution in [2.75, 3.05) is 0 Å². The summed E-state index contributed by atoms with van der Waals surface area (Å²) in [4.78, 5) is 12.0. The molecular weight excluding hydrogens is 260 g/mol. The number of carbonyl (C=O) groups excluding carboxylic acids is 1. The van der Waals surface area contributed by atoms with Crippen molar-refractivity contribution in [1.82, 2.24) is 10.6 Å². The minimum atomic E-state index is -0.0302. The number of carbonyl (C=O) groups is 1. The van der Waals surface area contributed by atoms with Crippen LogP contribution in [0.5, 0.6) is 0 Å². The van der Waals surface area contributed by atoms with Gasteiger partial charge in [-0.05, 0) is 62.7 Å². The zero-order chi connectivity index (χ0) is 14.7. The second kappa shape index (κ2) is 6.85. The van der Waals surface area contributed by atoms with E-state index < -0.39 is 0 Å². The van der Waals surface area contributed by atoms with Gasteiger partial charge in [-0.2, -0.15) is 0 Å². The molecule has 0 radical (unpaired) electrons. The van der Waals surface area contributed by atoms with Crippen LogP contribution in [0.2, 0.25) is 0 Å². The monoisotopic (exact) mass is 290 g/mol. The van der Waals surface area contributed by atoms with Crippen LogP contribution >= 0.6 is 0 Å². The van der Waals surface area contributed by atoms with Crippen molar-refractivity contribution in [3.8, 4) is 0 Å². The maximum Gasteiger partial charge on any atom is 0.318 e. The second-order valence-electron chi connectivity index (χ2n) is 7.50. The molecule has 3 heteroatoms. The fourth-order valence-corrected chi connectivity index (χ4v) is 4.85. The molecule has 2 N–H and O–H groups in total. The lowest BCUT2D eigenvalue weighted by Gasteiger charge is -2.28. The highest BCUT2D eigenvalue weighted by molar-refractivity contribution is 5.75. The van der Waals surface area contributed by atoms with Crippen LogP contribution in [0.1, 0.15) is 64.7 Å². The highest BCUT2D eigenvalue weighted by Crippen LogP contribution is 2.49. The maximum absolute atomic E-state index is 12.0. The summed E-state index contributed by atoms with van der Waals surface area (Å²) < 4.78 is 0. The van der Waals surface area contributed by atoms with Crippen molar-refractivity contribution in [3.05, 3.63) is 12.3 Å². The Balaban J connectivity index is 1.38. The molecule has 3 aliphatic carbocycles. The van der Waals surface area contributed by atoms with Crippen LogP contribution < -0.4 is 10.6 Å². The fourth-order valence-electron chi connectivity index (χ4n) is 4.85. The Kier molecular flexibility index (Phi) is 4.87. The highest BCUT2D eigenvalue weighted by Gasteiger charge is 2.42. The summed E-state index contributed by atoms with van der Waals surface area (Å²) in [6.45, 7) is 2.18. The molecule has 21 heavy (non-hydrogen) atoms. The number of nitrogens with one attached hydrogen (secondary N) is 2. The lowest BCUT2D eigenvalue weighted by Crippen LogP contribution is -2.43. The molecule has 0 spiro atoms. The van der Waals surface area contributed by atoms with Crippen LogP contribution in [0.15, 0.2) is 12.3 Å². The van der Waals surface area contributed by atoms with Gasteiger partial charge in [0.2, 0.25) is 0 Å². The van der Waals surface area contributed by atoms with Gasteiger partial charge in [0.05, 0.1) is 0 Å². The summed E-state index contributed by atoms with van der Waals surface area (Å²) in [5, 5.41) is 6.04. The fraction of sp³-hybridized carbons (Fsp3) is 0.833. The minimum Gasteiger partial charge on any atom is -0.335 e. The average Bonchev–Trinajstić information content (AvgIpc) is 3.11. The van der Waals surface area contributed by atoms with Crippen LogP contribution in [-0.2, 0) is 0 Å². The van der Waals surface area contributed by atoms with Crippen LogP contribution in [0.25, 0.3) is 0 Å². The smallest absolute Gasteiger partial charge is 0.318 e. The molecule has 2 amide bonds. The summed E-state index contributed by atoms with van der Waals surface area (Å²) >= 11 is 0. The number of allylic oxidation sites excluding steroid dienone is 1. The predicted octanol–water partition coefficient (Wildman–Crippen LogP) is 4.20. The van der Waals surface area contributed by atoms with E-state index in [1.165, 1.54) is 57.8 Å². The van der Waals surface area contributed by atoms with Gasteiger partial charge in [0.25, 0.3) is 0 Å². The molecule has 4 atom stereocenters. The Morgan fingerprint density at radius 3 is 2.57 bits per heavy atom. The van der Waals surface area contributed by atoms with E-state index in [2.05, 4.69) is 23.6 Å². The molecule has 0 aromatic heterocycles. The normalized spacial score (nSPS) is 34.2. The largest absolute Gasteiger partial charge is 0.335 e. The van der Waals surface area contributed by atoms with Crippen molar-refractivity contribution in [2.45, 2.75) is 70.8 Å². The van der Waals surface area contributed by atoms with Gasteiger partial charge in [-0.1, -0.05) is 31.8 Å². The highest BCUT2D eigenvalue weighted by atomic mass is 16.2. The van der Waals surface area contributed by atoms with Gasteiger partial charge in [0.1, 0.15) is 0 Å². The lowest BCUT2D eigenvalue weighted by atomic mass is 9.84. The van der Waals surface area contributed by atoms with Gasteiger partial charge in [0, 0.05) is 12.2 Å². The maximum atomic E-state index is 12.0. The summed E-state index contributed by atoms with van der Waals surface area (Å²) in [5.74, 6) is 3.18. The van der Waals surface area contributed by atoms with Gasteiger partial charge in [-0.3, -0.25) is 0 Å². The number of fused-ring (bicyclic) bond motifs is 2. The molecule has 3 rings (SSSR count). The Labute approximate surface area is 128 Å². The van der Waals surface area contributed by atoms with E-state index in [-0.39, 0.29) is 6.03 Å². The van der Waals surface area contributed by atoms with Gasteiger partial charge in [-0.25, -0.2) is 4.79 Å². The van der Waals surface area contributed by atoms with Gasteiger partial charge < -0.3 is 10.6 Å². The molecular formula is C18H30N2O. The third kappa shape index (κ3) is 3.81. The average molecular weight is 290 g/mol. The number of amides is 2. The quantitative estimate of drug-likeness (QED) is 0.800. The van der Waals surface area contributed by atoms with E-state index in [1.807, 2.05) is 6.20 Å².